The van der Waals surface area contributed by atoms with Crippen molar-refractivity contribution in [1.29, 1.82) is 0 Å². The first kappa shape index (κ1) is 18.3. The fourth-order valence-corrected chi connectivity index (χ4v) is 2.31. The molecule has 3 aromatic rings. The van der Waals surface area contributed by atoms with E-state index in [1.54, 1.807) is 30.3 Å². The van der Waals surface area contributed by atoms with Crippen molar-refractivity contribution in [2.45, 2.75) is 0 Å². The molecule has 0 aliphatic heterocycles. The van der Waals surface area contributed by atoms with E-state index in [0.717, 1.165) is 0 Å². The molecule has 0 aliphatic rings. The Balaban J connectivity index is 1.55. The highest BCUT2D eigenvalue weighted by Gasteiger charge is 2.12. The van der Waals surface area contributed by atoms with Crippen molar-refractivity contribution in [2.24, 2.45) is 0 Å². The van der Waals surface area contributed by atoms with Crippen LogP contribution < -0.4 is 15.4 Å². The van der Waals surface area contributed by atoms with E-state index in [-0.39, 0.29) is 23.8 Å². The first-order chi connectivity index (χ1) is 13.0. The van der Waals surface area contributed by atoms with Gasteiger partial charge in [-0.1, -0.05) is 11.6 Å². The quantitative estimate of drug-likeness (QED) is 0.557. The molecule has 0 fully saturated rings. The summed E-state index contributed by atoms with van der Waals surface area (Å²) in [7, 11) is 0. The van der Waals surface area contributed by atoms with Gasteiger partial charge in [0.15, 0.2) is 12.4 Å². The summed E-state index contributed by atoms with van der Waals surface area (Å²) in [6.45, 7) is -0.209. The lowest BCUT2D eigenvalue weighted by atomic mass is 10.2. The molecular formula is C19H15ClN2O5. The molecule has 3 rings (SSSR count). The number of nitrogens with one attached hydrogen (secondary N) is 2. The van der Waals surface area contributed by atoms with Gasteiger partial charge < -0.3 is 24.9 Å². The van der Waals surface area contributed by atoms with Crippen LogP contribution in [-0.4, -0.2) is 23.5 Å². The molecule has 0 radical (unpaired) electrons. The second-order valence-corrected chi connectivity index (χ2v) is 5.89. The molecule has 2 aromatic carbocycles. The van der Waals surface area contributed by atoms with E-state index < -0.39 is 11.8 Å². The third-order valence-electron chi connectivity index (χ3n) is 3.46. The Morgan fingerprint density at radius 2 is 1.85 bits per heavy atom. The van der Waals surface area contributed by atoms with Gasteiger partial charge in [0, 0.05) is 16.8 Å². The van der Waals surface area contributed by atoms with Crippen LogP contribution >= 0.6 is 11.6 Å². The predicted octanol–water partition coefficient (Wildman–Crippen LogP) is 3.91. The van der Waals surface area contributed by atoms with Gasteiger partial charge >= 0.3 is 0 Å². The number of amides is 2. The van der Waals surface area contributed by atoms with Crippen LogP contribution in [0, 0.1) is 0 Å². The molecule has 7 nitrogen and oxygen atoms in total. The van der Waals surface area contributed by atoms with E-state index >= 15 is 0 Å². The summed E-state index contributed by atoms with van der Waals surface area (Å²) in [6.07, 6.45) is 1.37. The van der Waals surface area contributed by atoms with E-state index in [4.69, 9.17) is 20.8 Å². The van der Waals surface area contributed by atoms with Crippen LogP contribution in [0.25, 0.3) is 0 Å². The van der Waals surface area contributed by atoms with E-state index in [2.05, 4.69) is 10.6 Å². The van der Waals surface area contributed by atoms with Crippen molar-refractivity contribution in [3.8, 4) is 11.5 Å². The van der Waals surface area contributed by atoms with E-state index in [1.807, 2.05) is 0 Å². The number of halogens is 1. The molecule has 0 spiro atoms. The first-order valence-electron chi connectivity index (χ1n) is 7.87. The maximum atomic E-state index is 12.0. The predicted molar refractivity (Wildman–Crippen MR) is 100 cm³/mol. The molecule has 0 aliphatic carbocycles. The van der Waals surface area contributed by atoms with Crippen molar-refractivity contribution in [3.63, 3.8) is 0 Å². The number of aromatic hydroxyl groups is 1. The average Bonchev–Trinajstić information content (AvgIpc) is 3.18. The standard InChI is InChI=1S/C19H15ClN2O5/c20-12-3-6-14(7-4-12)27-11-18(24)21-13-5-8-15(16(23)10-13)22-19(25)17-2-1-9-26-17/h1-10,23H,11H2,(H,21,24)(H,22,25). The lowest BCUT2D eigenvalue weighted by Crippen LogP contribution is -2.20. The number of phenols is 1. The zero-order valence-corrected chi connectivity index (χ0v) is 14.7. The number of ether oxygens (including phenoxy) is 1. The highest BCUT2D eigenvalue weighted by molar-refractivity contribution is 6.30. The second kappa shape index (κ2) is 8.29. The summed E-state index contributed by atoms with van der Waals surface area (Å²) >= 11 is 5.78. The van der Waals surface area contributed by atoms with Crippen LogP contribution in [-0.2, 0) is 4.79 Å². The second-order valence-electron chi connectivity index (χ2n) is 5.45. The minimum absolute atomic E-state index is 0.117. The van der Waals surface area contributed by atoms with E-state index in [9.17, 15) is 14.7 Å². The molecule has 8 heteroatoms. The molecule has 1 aromatic heterocycles. The summed E-state index contributed by atoms with van der Waals surface area (Å²) in [5, 5.41) is 15.7. The maximum Gasteiger partial charge on any atom is 0.291 e. The number of anilines is 2. The number of carbonyl (C=O) groups is 2. The molecular weight excluding hydrogens is 372 g/mol. The monoisotopic (exact) mass is 386 g/mol. The van der Waals surface area contributed by atoms with Gasteiger partial charge in [-0.15, -0.1) is 0 Å². The number of hydrogen-bond donors (Lipinski definition) is 3. The van der Waals surface area contributed by atoms with Crippen LogP contribution in [0.2, 0.25) is 5.02 Å². The zero-order chi connectivity index (χ0) is 19.2. The largest absolute Gasteiger partial charge is 0.506 e. The van der Waals surface area contributed by atoms with Crippen molar-refractivity contribution in [1.82, 2.24) is 0 Å². The minimum Gasteiger partial charge on any atom is -0.506 e. The molecule has 3 N–H and O–H groups in total. The normalized spacial score (nSPS) is 10.3. The highest BCUT2D eigenvalue weighted by atomic mass is 35.5. The number of phenolic OH excluding ortho intramolecular Hbond substituents is 1. The number of benzene rings is 2. The molecule has 0 saturated carbocycles. The summed E-state index contributed by atoms with van der Waals surface area (Å²) < 4.78 is 10.3. The Bertz CT molecular complexity index is 939. The molecule has 27 heavy (non-hydrogen) atoms. The van der Waals surface area contributed by atoms with Crippen LogP contribution in [0.5, 0.6) is 11.5 Å². The number of rotatable bonds is 6. The summed E-state index contributed by atoms with van der Waals surface area (Å²) in [5.41, 5.74) is 0.542. The Morgan fingerprint density at radius 3 is 2.52 bits per heavy atom. The first-order valence-corrected chi connectivity index (χ1v) is 8.25. The summed E-state index contributed by atoms with van der Waals surface area (Å²) in [4.78, 5) is 23.9. The molecule has 2 amide bonds. The van der Waals surface area contributed by atoms with Gasteiger partial charge in [0.1, 0.15) is 11.5 Å². The molecule has 0 saturated heterocycles. The van der Waals surface area contributed by atoms with Gasteiger partial charge in [-0.3, -0.25) is 9.59 Å². The van der Waals surface area contributed by atoms with Gasteiger partial charge in [0.05, 0.1) is 12.0 Å². The maximum absolute atomic E-state index is 12.0. The summed E-state index contributed by atoms with van der Waals surface area (Å²) in [5.74, 6) is -0.481. The van der Waals surface area contributed by atoms with E-state index in [0.29, 0.717) is 16.5 Å². The van der Waals surface area contributed by atoms with Crippen LogP contribution in [0.4, 0.5) is 11.4 Å². The Hall–Kier alpha value is -3.45. The smallest absolute Gasteiger partial charge is 0.291 e. The Morgan fingerprint density at radius 1 is 1.07 bits per heavy atom. The number of furan rings is 1. The van der Waals surface area contributed by atoms with Crippen LogP contribution in [0.3, 0.4) is 0 Å². The van der Waals surface area contributed by atoms with Crippen molar-refractivity contribution in [3.05, 3.63) is 71.6 Å². The topological polar surface area (TPSA) is 101 Å². The zero-order valence-electron chi connectivity index (χ0n) is 13.9. The number of carbonyl (C=O) groups excluding carboxylic acids is 2. The highest BCUT2D eigenvalue weighted by Crippen LogP contribution is 2.27. The SMILES string of the molecule is O=C(COc1ccc(Cl)cc1)Nc1ccc(NC(=O)c2ccco2)c(O)c1. The fourth-order valence-electron chi connectivity index (χ4n) is 2.18. The Kier molecular flexibility index (Phi) is 5.63. The van der Waals surface area contributed by atoms with Crippen molar-refractivity contribution >= 4 is 34.8 Å². The Labute approximate surface area is 159 Å². The van der Waals surface area contributed by atoms with Crippen molar-refractivity contribution in [2.75, 3.05) is 17.2 Å². The minimum atomic E-state index is -0.497. The molecule has 0 bridgehead atoms. The van der Waals surface area contributed by atoms with Crippen LogP contribution in [0.1, 0.15) is 10.6 Å². The van der Waals surface area contributed by atoms with Gasteiger partial charge in [-0.2, -0.15) is 0 Å². The van der Waals surface area contributed by atoms with Gasteiger partial charge in [-0.05, 0) is 48.5 Å². The molecule has 138 valence electrons. The average molecular weight is 387 g/mol. The summed E-state index contributed by atoms with van der Waals surface area (Å²) in [6, 6.07) is 14.0. The van der Waals surface area contributed by atoms with Gasteiger partial charge in [-0.25, -0.2) is 0 Å². The van der Waals surface area contributed by atoms with Crippen molar-refractivity contribution < 1.29 is 23.8 Å². The third-order valence-corrected chi connectivity index (χ3v) is 3.71. The molecule has 0 unspecified atom stereocenters. The molecule has 0 atom stereocenters. The fraction of sp³-hybridized carbons (Fsp3) is 0.0526. The van der Waals surface area contributed by atoms with Gasteiger partial charge in [0.2, 0.25) is 0 Å². The molecule has 1 heterocycles. The van der Waals surface area contributed by atoms with E-state index in [1.165, 1.54) is 30.5 Å². The number of hydrogen-bond acceptors (Lipinski definition) is 5. The van der Waals surface area contributed by atoms with Gasteiger partial charge in [0.25, 0.3) is 11.8 Å². The lowest BCUT2D eigenvalue weighted by molar-refractivity contribution is -0.118. The van der Waals surface area contributed by atoms with Crippen LogP contribution in [0.15, 0.2) is 65.3 Å². The lowest BCUT2D eigenvalue weighted by Gasteiger charge is -2.10. The third kappa shape index (κ3) is 5.02.